The molecule has 0 amide bonds. The molecule has 1 aromatic rings. The Labute approximate surface area is 107 Å². The first-order valence-corrected chi connectivity index (χ1v) is 6.37. The third-order valence-corrected chi connectivity index (χ3v) is 3.47. The smallest absolute Gasteiger partial charge is 0.240 e. The average molecular weight is 285 g/mol. The first kappa shape index (κ1) is 15.7. The van der Waals surface area contributed by atoms with Crippen LogP contribution in [0.15, 0.2) is 29.2 Å². The van der Waals surface area contributed by atoms with Crippen molar-refractivity contribution in [1.29, 1.82) is 0 Å². The number of nitrogens with two attached hydrogens (primary N) is 1. The van der Waals surface area contributed by atoms with Crippen LogP contribution in [-0.2, 0) is 10.0 Å². The molecule has 0 aliphatic rings. The second-order valence-corrected chi connectivity index (χ2v) is 5.20. The highest BCUT2D eigenvalue weighted by Crippen LogP contribution is 2.14. The maximum atomic E-state index is 11.6. The standard InChI is InChI=1S/C9H13ClN2O2S.ClH/c10-8-3-1-4-9(7-8)15(13,14)12-6-2-5-11;/h1,3-4,7,12H,2,5-6,11H2;1H. The quantitative estimate of drug-likeness (QED) is 0.803. The maximum Gasteiger partial charge on any atom is 0.240 e. The van der Waals surface area contributed by atoms with Gasteiger partial charge < -0.3 is 5.73 Å². The summed E-state index contributed by atoms with van der Waals surface area (Å²) in [6.45, 7) is 0.795. The van der Waals surface area contributed by atoms with E-state index in [4.69, 9.17) is 17.3 Å². The fourth-order valence-electron chi connectivity index (χ4n) is 1.03. The molecule has 0 heterocycles. The Balaban J connectivity index is 0.00000225. The van der Waals surface area contributed by atoms with Crippen LogP contribution >= 0.6 is 24.0 Å². The highest BCUT2D eigenvalue weighted by molar-refractivity contribution is 7.89. The fraction of sp³-hybridized carbons (Fsp3) is 0.333. The third kappa shape index (κ3) is 4.67. The summed E-state index contributed by atoms with van der Waals surface area (Å²) in [6, 6.07) is 6.13. The zero-order chi connectivity index (χ0) is 11.3. The van der Waals surface area contributed by atoms with Crippen molar-refractivity contribution in [3.63, 3.8) is 0 Å². The molecule has 4 nitrogen and oxygen atoms in total. The summed E-state index contributed by atoms with van der Waals surface area (Å²) in [5.41, 5.74) is 5.26. The summed E-state index contributed by atoms with van der Waals surface area (Å²) >= 11 is 5.70. The van der Waals surface area contributed by atoms with E-state index in [2.05, 4.69) is 4.72 Å². The minimum atomic E-state index is -3.45. The molecule has 3 N–H and O–H groups in total. The van der Waals surface area contributed by atoms with Gasteiger partial charge in [0, 0.05) is 11.6 Å². The number of hydrogen-bond acceptors (Lipinski definition) is 3. The number of hydrogen-bond donors (Lipinski definition) is 2. The van der Waals surface area contributed by atoms with E-state index in [-0.39, 0.29) is 17.3 Å². The molecule has 0 atom stereocenters. The first-order chi connectivity index (χ1) is 7.06. The second kappa shape index (κ2) is 7.09. The normalized spacial score (nSPS) is 10.9. The minimum Gasteiger partial charge on any atom is -0.330 e. The summed E-state index contributed by atoms with van der Waals surface area (Å²) < 4.78 is 25.7. The molecule has 0 unspecified atom stereocenters. The van der Waals surface area contributed by atoms with Crippen molar-refractivity contribution in [3.8, 4) is 0 Å². The lowest BCUT2D eigenvalue weighted by atomic mass is 10.4. The summed E-state index contributed by atoms with van der Waals surface area (Å²) in [6.07, 6.45) is 0.611. The van der Waals surface area contributed by atoms with E-state index in [9.17, 15) is 8.42 Å². The molecule has 0 aliphatic carbocycles. The molecule has 0 saturated carbocycles. The van der Waals surface area contributed by atoms with E-state index < -0.39 is 10.0 Å². The Morgan fingerprint density at radius 3 is 2.62 bits per heavy atom. The lowest BCUT2D eigenvalue weighted by molar-refractivity contribution is 0.579. The van der Waals surface area contributed by atoms with E-state index in [0.717, 1.165) is 0 Å². The Hall–Kier alpha value is -0.330. The maximum absolute atomic E-state index is 11.6. The van der Waals surface area contributed by atoms with E-state index in [1.54, 1.807) is 12.1 Å². The van der Waals surface area contributed by atoms with Crippen molar-refractivity contribution in [3.05, 3.63) is 29.3 Å². The van der Waals surface area contributed by atoms with Gasteiger partial charge in [-0.05, 0) is 31.2 Å². The van der Waals surface area contributed by atoms with Crippen LogP contribution in [0.2, 0.25) is 5.02 Å². The van der Waals surface area contributed by atoms with E-state index >= 15 is 0 Å². The molecule has 0 spiro atoms. The van der Waals surface area contributed by atoms with Gasteiger partial charge in [-0.15, -0.1) is 12.4 Å². The number of halogens is 2. The van der Waals surface area contributed by atoms with E-state index in [1.165, 1.54) is 12.1 Å². The fourth-order valence-corrected chi connectivity index (χ4v) is 2.40. The van der Waals surface area contributed by atoms with Crippen molar-refractivity contribution >= 4 is 34.0 Å². The van der Waals surface area contributed by atoms with Gasteiger partial charge in [-0.3, -0.25) is 0 Å². The SMILES string of the molecule is Cl.NCCCNS(=O)(=O)c1cccc(Cl)c1. The molecular formula is C9H14Cl2N2O2S. The second-order valence-electron chi connectivity index (χ2n) is 3.00. The number of nitrogens with one attached hydrogen (secondary N) is 1. The third-order valence-electron chi connectivity index (χ3n) is 1.78. The van der Waals surface area contributed by atoms with Crippen molar-refractivity contribution in [2.45, 2.75) is 11.3 Å². The molecule has 1 rings (SSSR count). The minimum absolute atomic E-state index is 0. The van der Waals surface area contributed by atoms with E-state index in [0.29, 0.717) is 24.5 Å². The van der Waals surface area contributed by atoms with Gasteiger partial charge in [0.05, 0.1) is 4.90 Å². The predicted molar refractivity (Wildman–Crippen MR) is 67.6 cm³/mol. The van der Waals surface area contributed by atoms with Crippen LogP contribution in [0.5, 0.6) is 0 Å². The van der Waals surface area contributed by atoms with Crippen LogP contribution < -0.4 is 10.5 Å². The van der Waals surface area contributed by atoms with Gasteiger partial charge in [0.25, 0.3) is 0 Å². The summed E-state index contributed by atoms with van der Waals surface area (Å²) in [5, 5.41) is 0.400. The Bertz CT molecular complexity index is 423. The van der Waals surface area contributed by atoms with Gasteiger partial charge in [0.1, 0.15) is 0 Å². The molecule has 16 heavy (non-hydrogen) atoms. The van der Waals surface area contributed by atoms with Crippen LogP contribution in [-0.4, -0.2) is 21.5 Å². The molecule has 0 radical (unpaired) electrons. The van der Waals surface area contributed by atoms with Crippen LogP contribution in [0.25, 0.3) is 0 Å². The Kier molecular flexibility index (Phi) is 6.94. The Morgan fingerprint density at radius 2 is 2.06 bits per heavy atom. The van der Waals surface area contributed by atoms with Gasteiger partial charge >= 0.3 is 0 Å². The van der Waals surface area contributed by atoms with Gasteiger partial charge in [-0.2, -0.15) is 0 Å². The average Bonchev–Trinajstić information content (AvgIpc) is 2.18. The molecule has 7 heteroatoms. The monoisotopic (exact) mass is 284 g/mol. The highest BCUT2D eigenvalue weighted by atomic mass is 35.5. The molecule has 0 aromatic heterocycles. The number of rotatable bonds is 5. The number of benzene rings is 1. The van der Waals surface area contributed by atoms with Crippen LogP contribution in [0.1, 0.15) is 6.42 Å². The molecule has 0 saturated heterocycles. The van der Waals surface area contributed by atoms with Crippen molar-refractivity contribution in [2.75, 3.05) is 13.1 Å². The van der Waals surface area contributed by atoms with Crippen LogP contribution in [0.3, 0.4) is 0 Å². The van der Waals surface area contributed by atoms with Gasteiger partial charge in [0.2, 0.25) is 10.0 Å². The van der Waals surface area contributed by atoms with Crippen LogP contribution in [0.4, 0.5) is 0 Å². The molecule has 0 bridgehead atoms. The topological polar surface area (TPSA) is 72.2 Å². The molecular weight excluding hydrogens is 271 g/mol. The molecule has 1 aromatic carbocycles. The zero-order valence-electron chi connectivity index (χ0n) is 8.52. The summed E-state index contributed by atoms with van der Waals surface area (Å²) in [4.78, 5) is 0.173. The lowest BCUT2D eigenvalue weighted by Gasteiger charge is -2.05. The van der Waals surface area contributed by atoms with Crippen LogP contribution in [0, 0.1) is 0 Å². The van der Waals surface area contributed by atoms with Gasteiger partial charge in [-0.25, -0.2) is 13.1 Å². The lowest BCUT2D eigenvalue weighted by Crippen LogP contribution is -2.26. The molecule has 0 aliphatic heterocycles. The summed E-state index contributed by atoms with van der Waals surface area (Å²) in [7, 11) is -3.45. The molecule has 0 fully saturated rings. The predicted octanol–water partition coefficient (Wildman–Crippen LogP) is 1.39. The van der Waals surface area contributed by atoms with Crippen molar-refractivity contribution in [2.24, 2.45) is 5.73 Å². The van der Waals surface area contributed by atoms with Crippen molar-refractivity contribution in [1.82, 2.24) is 4.72 Å². The first-order valence-electron chi connectivity index (χ1n) is 4.51. The summed E-state index contributed by atoms with van der Waals surface area (Å²) in [5.74, 6) is 0. The zero-order valence-corrected chi connectivity index (χ0v) is 10.9. The van der Waals surface area contributed by atoms with E-state index in [1.807, 2.05) is 0 Å². The van der Waals surface area contributed by atoms with Gasteiger partial charge in [-0.1, -0.05) is 17.7 Å². The highest BCUT2D eigenvalue weighted by Gasteiger charge is 2.12. The molecule has 92 valence electrons. The van der Waals surface area contributed by atoms with Crippen molar-refractivity contribution < 1.29 is 8.42 Å². The van der Waals surface area contributed by atoms with Gasteiger partial charge in [0.15, 0.2) is 0 Å². The largest absolute Gasteiger partial charge is 0.330 e. The number of sulfonamides is 1. The Morgan fingerprint density at radius 1 is 1.38 bits per heavy atom.